The van der Waals surface area contributed by atoms with Crippen molar-refractivity contribution in [1.29, 1.82) is 0 Å². The van der Waals surface area contributed by atoms with Gasteiger partial charge in [-0.05, 0) is 68.9 Å². The van der Waals surface area contributed by atoms with Crippen LogP contribution in [-0.2, 0) is 14.6 Å². The van der Waals surface area contributed by atoms with Crippen molar-refractivity contribution >= 4 is 31.7 Å². The number of alkyl halides is 1. The minimum Gasteiger partial charge on any atom is -0.356 e. The standard InChI is InChI=1S/C20H26BrNO3S/c21-20-12-15-9-16(13-20)11-19(10-15,14-20)18(23)22-7-4-8-26(24,25)17-5-2-1-3-6-17/h1-3,5-6,15-16H,4,7-14H2,(H,22,23). The molecule has 4 aliphatic carbocycles. The average Bonchev–Trinajstić information content (AvgIpc) is 2.57. The SMILES string of the molecule is O=C(NCCCS(=O)(=O)c1ccccc1)C12CC3CC(CC(Br)(C3)C1)C2. The zero-order valence-electron chi connectivity index (χ0n) is 14.9. The molecule has 1 aromatic rings. The molecule has 1 amide bonds. The summed E-state index contributed by atoms with van der Waals surface area (Å²) in [5, 5.41) is 3.06. The van der Waals surface area contributed by atoms with E-state index in [9.17, 15) is 13.2 Å². The van der Waals surface area contributed by atoms with Crippen molar-refractivity contribution in [2.75, 3.05) is 12.3 Å². The second-order valence-electron chi connectivity index (χ2n) is 8.63. The molecule has 6 heteroatoms. The van der Waals surface area contributed by atoms with Gasteiger partial charge in [0.15, 0.2) is 9.84 Å². The van der Waals surface area contributed by atoms with Crippen molar-refractivity contribution in [3.63, 3.8) is 0 Å². The van der Waals surface area contributed by atoms with Gasteiger partial charge in [0, 0.05) is 10.9 Å². The van der Waals surface area contributed by atoms with Crippen molar-refractivity contribution in [3.05, 3.63) is 30.3 Å². The number of sulfone groups is 1. The maximum absolute atomic E-state index is 13.0. The molecule has 0 radical (unpaired) electrons. The van der Waals surface area contributed by atoms with Gasteiger partial charge in [-0.2, -0.15) is 0 Å². The van der Waals surface area contributed by atoms with Gasteiger partial charge in [-0.1, -0.05) is 34.1 Å². The number of nitrogens with one attached hydrogen (secondary N) is 1. The molecule has 0 saturated heterocycles. The van der Waals surface area contributed by atoms with Crippen LogP contribution in [0.5, 0.6) is 0 Å². The van der Waals surface area contributed by atoms with Crippen molar-refractivity contribution < 1.29 is 13.2 Å². The van der Waals surface area contributed by atoms with Gasteiger partial charge in [0.25, 0.3) is 0 Å². The highest BCUT2D eigenvalue weighted by molar-refractivity contribution is 9.10. The van der Waals surface area contributed by atoms with E-state index in [0.29, 0.717) is 29.7 Å². The number of hydrogen-bond donors (Lipinski definition) is 1. The molecular formula is C20H26BrNO3S. The van der Waals surface area contributed by atoms with Crippen molar-refractivity contribution in [3.8, 4) is 0 Å². The largest absolute Gasteiger partial charge is 0.356 e. The Hall–Kier alpha value is -0.880. The first-order valence-corrected chi connectivity index (χ1v) is 12.0. The monoisotopic (exact) mass is 439 g/mol. The van der Waals surface area contributed by atoms with Crippen LogP contribution in [0.1, 0.15) is 44.9 Å². The molecule has 2 atom stereocenters. The number of hydrogen-bond acceptors (Lipinski definition) is 3. The highest BCUT2D eigenvalue weighted by Gasteiger charge is 2.59. The Labute approximate surface area is 164 Å². The van der Waals surface area contributed by atoms with E-state index in [1.165, 1.54) is 19.3 Å². The van der Waals surface area contributed by atoms with Crippen LogP contribution in [0.4, 0.5) is 0 Å². The Balaban J connectivity index is 1.32. The number of carbonyl (C=O) groups is 1. The average molecular weight is 440 g/mol. The number of amides is 1. The van der Waals surface area contributed by atoms with Crippen LogP contribution < -0.4 is 5.32 Å². The summed E-state index contributed by atoms with van der Waals surface area (Å²) in [6, 6.07) is 8.52. The molecule has 5 rings (SSSR count). The van der Waals surface area contributed by atoms with Crippen molar-refractivity contribution in [2.24, 2.45) is 17.3 Å². The zero-order valence-corrected chi connectivity index (χ0v) is 17.3. The first-order valence-electron chi connectivity index (χ1n) is 9.55. The fourth-order valence-corrected chi connectivity index (χ4v) is 8.60. The summed E-state index contributed by atoms with van der Waals surface area (Å²) in [4.78, 5) is 13.3. The lowest BCUT2D eigenvalue weighted by atomic mass is 9.49. The smallest absolute Gasteiger partial charge is 0.226 e. The molecule has 142 valence electrons. The molecule has 0 spiro atoms. The summed E-state index contributed by atoms with van der Waals surface area (Å²) in [5.41, 5.74) is -0.230. The number of benzene rings is 1. The number of carbonyl (C=O) groups excluding carboxylic acids is 1. The van der Waals surface area contributed by atoms with Crippen molar-refractivity contribution in [2.45, 2.75) is 54.2 Å². The van der Waals surface area contributed by atoms with Crippen LogP contribution in [-0.4, -0.2) is 30.9 Å². The van der Waals surface area contributed by atoms with E-state index in [-0.39, 0.29) is 21.4 Å². The quantitative estimate of drug-likeness (QED) is 0.542. The molecule has 4 bridgehead atoms. The number of halogens is 1. The summed E-state index contributed by atoms with van der Waals surface area (Å²) in [6.07, 6.45) is 7.07. The fourth-order valence-electron chi connectivity index (χ4n) is 5.81. The topological polar surface area (TPSA) is 63.2 Å². The second kappa shape index (κ2) is 6.62. The third-order valence-electron chi connectivity index (χ3n) is 6.45. The van der Waals surface area contributed by atoms with Gasteiger partial charge in [0.05, 0.1) is 16.1 Å². The van der Waals surface area contributed by atoms with Crippen LogP contribution in [0.2, 0.25) is 0 Å². The molecule has 2 unspecified atom stereocenters. The molecule has 26 heavy (non-hydrogen) atoms. The third-order valence-corrected chi connectivity index (χ3v) is 9.19. The van der Waals surface area contributed by atoms with E-state index in [2.05, 4.69) is 21.2 Å². The zero-order chi connectivity index (χ0) is 18.4. The van der Waals surface area contributed by atoms with E-state index < -0.39 is 9.84 Å². The molecule has 4 aliphatic rings. The summed E-state index contributed by atoms with van der Waals surface area (Å²) in [7, 11) is -3.27. The normalized spacial score (nSPS) is 35.4. The predicted molar refractivity (Wildman–Crippen MR) is 105 cm³/mol. The Bertz CT molecular complexity index is 779. The van der Waals surface area contributed by atoms with Crippen LogP contribution >= 0.6 is 15.9 Å². The molecule has 4 saturated carbocycles. The lowest BCUT2D eigenvalue weighted by Gasteiger charge is -2.59. The Morgan fingerprint density at radius 2 is 1.77 bits per heavy atom. The summed E-state index contributed by atoms with van der Waals surface area (Å²) < 4.78 is 24.8. The summed E-state index contributed by atoms with van der Waals surface area (Å²) >= 11 is 3.94. The molecule has 0 aromatic heterocycles. The number of rotatable bonds is 6. The molecule has 4 fully saturated rings. The maximum atomic E-state index is 13.0. The van der Waals surface area contributed by atoms with Gasteiger partial charge in [0.2, 0.25) is 5.91 Å². The van der Waals surface area contributed by atoms with Gasteiger partial charge < -0.3 is 5.32 Å². The predicted octanol–water partition coefficient (Wildman–Crippen LogP) is 3.70. The molecule has 0 heterocycles. The summed E-state index contributed by atoms with van der Waals surface area (Å²) in [6.45, 7) is 0.428. The third kappa shape index (κ3) is 3.47. The lowest BCUT2D eigenvalue weighted by molar-refractivity contribution is -0.144. The van der Waals surface area contributed by atoms with Gasteiger partial charge in [-0.15, -0.1) is 0 Å². The molecule has 1 aromatic carbocycles. The van der Waals surface area contributed by atoms with Gasteiger partial charge >= 0.3 is 0 Å². The van der Waals surface area contributed by atoms with E-state index >= 15 is 0 Å². The van der Waals surface area contributed by atoms with Crippen LogP contribution in [0.3, 0.4) is 0 Å². The Kier molecular flexibility index (Phi) is 4.71. The second-order valence-corrected chi connectivity index (χ2v) is 12.4. The Morgan fingerprint density at radius 3 is 2.38 bits per heavy atom. The Morgan fingerprint density at radius 1 is 1.12 bits per heavy atom. The minimum absolute atomic E-state index is 0.0674. The first kappa shape index (κ1) is 18.5. The lowest BCUT2D eigenvalue weighted by Crippen LogP contribution is -2.58. The van der Waals surface area contributed by atoms with Crippen molar-refractivity contribution in [1.82, 2.24) is 5.32 Å². The minimum atomic E-state index is -3.27. The van der Waals surface area contributed by atoms with Crippen LogP contribution in [0.25, 0.3) is 0 Å². The highest BCUT2D eigenvalue weighted by atomic mass is 79.9. The van der Waals surface area contributed by atoms with Gasteiger partial charge in [-0.3, -0.25) is 4.79 Å². The van der Waals surface area contributed by atoms with E-state index in [1.807, 2.05) is 0 Å². The highest BCUT2D eigenvalue weighted by Crippen LogP contribution is 2.64. The fraction of sp³-hybridized carbons (Fsp3) is 0.650. The summed E-state index contributed by atoms with van der Waals surface area (Å²) in [5.74, 6) is 1.55. The van der Waals surface area contributed by atoms with E-state index in [0.717, 1.165) is 19.3 Å². The van der Waals surface area contributed by atoms with E-state index in [1.54, 1.807) is 30.3 Å². The molecular weight excluding hydrogens is 414 g/mol. The van der Waals surface area contributed by atoms with Gasteiger partial charge in [0.1, 0.15) is 0 Å². The molecule has 0 aliphatic heterocycles. The van der Waals surface area contributed by atoms with E-state index in [4.69, 9.17) is 0 Å². The molecule has 4 nitrogen and oxygen atoms in total. The molecule has 1 N–H and O–H groups in total. The first-order chi connectivity index (χ1) is 12.3. The van der Waals surface area contributed by atoms with Gasteiger partial charge in [-0.25, -0.2) is 8.42 Å². The van der Waals surface area contributed by atoms with Crippen LogP contribution in [0, 0.1) is 17.3 Å². The maximum Gasteiger partial charge on any atom is 0.226 e. The van der Waals surface area contributed by atoms with Crippen LogP contribution in [0.15, 0.2) is 35.2 Å².